The molecule has 0 saturated heterocycles. The zero-order valence-electron chi connectivity index (χ0n) is 9.03. The van der Waals surface area contributed by atoms with Crippen LogP contribution < -0.4 is 5.32 Å². The lowest BCUT2D eigenvalue weighted by Gasteiger charge is -2.08. The molecule has 6 heteroatoms. The molecule has 1 unspecified atom stereocenters. The number of thiophene rings is 1. The van der Waals surface area contributed by atoms with Crippen LogP contribution in [0.25, 0.3) is 0 Å². The number of halogens is 1. The van der Waals surface area contributed by atoms with Crippen molar-refractivity contribution in [1.82, 2.24) is 15.5 Å². The Morgan fingerprint density at radius 1 is 1.50 bits per heavy atom. The first-order valence-electron chi connectivity index (χ1n) is 4.91. The summed E-state index contributed by atoms with van der Waals surface area (Å²) in [6, 6.07) is 2.39. The van der Waals surface area contributed by atoms with E-state index in [1.165, 1.54) is 9.35 Å². The maximum absolute atomic E-state index is 4.13. The summed E-state index contributed by atoms with van der Waals surface area (Å²) in [6.45, 7) is 4.95. The summed E-state index contributed by atoms with van der Waals surface area (Å²) in [5.74, 6) is 0. The van der Waals surface area contributed by atoms with Crippen LogP contribution in [0.2, 0.25) is 0 Å². The van der Waals surface area contributed by atoms with Gasteiger partial charge in [-0.2, -0.15) is 0 Å². The van der Waals surface area contributed by atoms with Crippen LogP contribution in [0.4, 0.5) is 0 Å². The molecule has 1 N–H and O–H groups in total. The van der Waals surface area contributed by atoms with Crippen molar-refractivity contribution in [2.45, 2.75) is 26.4 Å². The van der Waals surface area contributed by atoms with Crippen molar-refractivity contribution in [2.75, 3.05) is 0 Å². The molecule has 2 aromatic rings. The van der Waals surface area contributed by atoms with Crippen LogP contribution >= 0.6 is 38.6 Å². The van der Waals surface area contributed by atoms with Gasteiger partial charge in [0.15, 0.2) is 0 Å². The minimum Gasteiger partial charge on any atom is -0.304 e. The summed E-state index contributed by atoms with van der Waals surface area (Å²) in [7, 11) is 0. The van der Waals surface area contributed by atoms with Crippen molar-refractivity contribution >= 4 is 38.6 Å². The highest BCUT2D eigenvalue weighted by Gasteiger charge is 2.10. The van der Waals surface area contributed by atoms with Crippen molar-refractivity contribution in [2.24, 2.45) is 0 Å². The second kappa shape index (κ2) is 5.35. The van der Waals surface area contributed by atoms with E-state index in [1.54, 1.807) is 22.7 Å². The summed E-state index contributed by atoms with van der Waals surface area (Å²) in [6.07, 6.45) is 0. The van der Waals surface area contributed by atoms with E-state index in [1.807, 2.05) is 6.92 Å². The van der Waals surface area contributed by atoms with E-state index in [0.29, 0.717) is 0 Å². The Morgan fingerprint density at radius 2 is 2.31 bits per heavy atom. The van der Waals surface area contributed by atoms with E-state index in [0.717, 1.165) is 16.6 Å². The molecule has 1 atom stereocenters. The van der Waals surface area contributed by atoms with Crippen LogP contribution in [0.1, 0.15) is 28.5 Å². The van der Waals surface area contributed by atoms with Gasteiger partial charge >= 0.3 is 0 Å². The predicted octanol–water partition coefficient (Wildman–Crippen LogP) is 3.52. The molecule has 0 aliphatic heterocycles. The molecule has 3 nitrogen and oxygen atoms in total. The third kappa shape index (κ3) is 3.10. The first-order chi connectivity index (χ1) is 7.65. The molecule has 0 bridgehead atoms. The maximum atomic E-state index is 4.13. The average molecular weight is 318 g/mol. The van der Waals surface area contributed by atoms with Crippen LogP contribution in [0.3, 0.4) is 0 Å². The molecule has 0 radical (unpaired) electrons. The van der Waals surface area contributed by atoms with Crippen LogP contribution in [-0.2, 0) is 6.54 Å². The second-order valence-corrected chi connectivity index (χ2v) is 7.02. The second-order valence-electron chi connectivity index (χ2n) is 3.52. The Morgan fingerprint density at radius 3 is 2.88 bits per heavy atom. The SMILES string of the molecule is Cc1nnc(C(C)NCc2csc(Br)c2)s1. The average Bonchev–Trinajstić information content (AvgIpc) is 2.84. The van der Waals surface area contributed by atoms with E-state index < -0.39 is 0 Å². The topological polar surface area (TPSA) is 37.8 Å². The highest BCUT2D eigenvalue weighted by atomic mass is 79.9. The van der Waals surface area contributed by atoms with Crippen molar-refractivity contribution in [3.05, 3.63) is 30.8 Å². The molecule has 86 valence electrons. The Bertz CT molecular complexity index is 466. The highest BCUT2D eigenvalue weighted by Crippen LogP contribution is 2.22. The molecule has 0 saturated carbocycles. The summed E-state index contributed by atoms with van der Waals surface area (Å²) in [5, 5.41) is 15.8. The van der Waals surface area contributed by atoms with Gasteiger partial charge in [0.05, 0.1) is 9.83 Å². The van der Waals surface area contributed by atoms with Gasteiger partial charge < -0.3 is 5.32 Å². The van der Waals surface area contributed by atoms with Crippen molar-refractivity contribution < 1.29 is 0 Å². The Hall–Kier alpha value is -0.300. The molecule has 0 aliphatic rings. The van der Waals surface area contributed by atoms with Gasteiger partial charge in [-0.1, -0.05) is 0 Å². The highest BCUT2D eigenvalue weighted by molar-refractivity contribution is 9.11. The van der Waals surface area contributed by atoms with Gasteiger partial charge in [0.2, 0.25) is 0 Å². The van der Waals surface area contributed by atoms with Crippen LogP contribution in [0.5, 0.6) is 0 Å². The fraction of sp³-hybridized carbons (Fsp3) is 0.400. The number of nitrogens with zero attached hydrogens (tertiary/aromatic N) is 2. The summed E-state index contributed by atoms with van der Waals surface area (Å²) >= 11 is 6.81. The largest absolute Gasteiger partial charge is 0.304 e. The molecule has 2 rings (SSSR count). The summed E-state index contributed by atoms with van der Waals surface area (Å²) < 4.78 is 1.17. The van der Waals surface area contributed by atoms with Gasteiger partial charge in [-0.25, -0.2) is 0 Å². The molecular weight excluding hydrogens is 306 g/mol. The third-order valence-corrected chi connectivity index (χ3v) is 4.72. The first kappa shape index (κ1) is 12.2. The Kier molecular flexibility index (Phi) is 4.07. The molecule has 0 aromatic carbocycles. The number of hydrogen-bond acceptors (Lipinski definition) is 5. The lowest BCUT2D eigenvalue weighted by Crippen LogP contribution is -2.17. The van der Waals surface area contributed by atoms with Crippen molar-refractivity contribution in [3.8, 4) is 0 Å². The maximum Gasteiger partial charge on any atom is 0.134 e. The quantitative estimate of drug-likeness (QED) is 0.937. The minimum absolute atomic E-state index is 0.255. The van der Waals surface area contributed by atoms with Crippen LogP contribution in [-0.4, -0.2) is 10.2 Å². The lowest BCUT2D eigenvalue weighted by atomic mass is 10.3. The van der Waals surface area contributed by atoms with E-state index >= 15 is 0 Å². The standard InChI is InChI=1S/C10H12BrN3S2/c1-6(10-14-13-7(2)16-10)12-4-8-3-9(11)15-5-8/h3,5-6,12H,4H2,1-2H3. The molecule has 0 amide bonds. The van der Waals surface area contributed by atoms with Crippen molar-refractivity contribution in [1.29, 1.82) is 0 Å². The smallest absolute Gasteiger partial charge is 0.134 e. The number of nitrogens with one attached hydrogen (secondary N) is 1. The van der Waals surface area contributed by atoms with Crippen molar-refractivity contribution in [3.63, 3.8) is 0 Å². The zero-order valence-corrected chi connectivity index (χ0v) is 12.2. The predicted molar refractivity (Wildman–Crippen MR) is 71.9 cm³/mol. The van der Waals surface area contributed by atoms with Crippen LogP contribution in [0, 0.1) is 6.92 Å². The Labute approximate surface area is 111 Å². The molecular formula is C10H12BrN3S2. The van der Waals surface area contributed by atoms with E-state index in [9.17, 15) is 0 Å². The lowest BCUT2D eigenvalue weighted by molar-refractivity contribution is 0.568. The van der Waals surface area contributed by atoms with Gasteiger partial charge in [0.25, 0.3) is 0 Å². The molecule has 0 aliphatic carbocycles. The van der Waals surface area contributed by atoms with Gasteiger partial charge in [-0.05, 0) is 46.8 Å². The third-order valence-electron chi connectivity index (χ3n) is 2.15. The van der Waals surface area contributed by atoms with E-state index in [2.05, 4.69) is 49.8 Å². The first-order valence-corrected chi connectivity index (χ1v) is 7.40. The fourth-order valence-electron chi connectivity index (χ4n) is 1.28. The molecule has 16 heavy (non-hydrogen) atoms. The molecule has 2 heterocycles. The molecule has 2 aromatic heterocycles. The van der Waals surface area contributed by atoms with Gasteiger partial charge in [0.1, 0.15) is 10.0 Å². The van der Waals surface area contributed by atoms with Gasteiger partial charge in [0, 0.05) is 6.54 Å². The van der Waals surface area contributed by atoms with E-state index in [4.69, 9.17) is 0 Å². The number of aryl methyl sites for hydroxylation is 1. The van der Waals surface area contributed by atoms with E-state index in [-0.39, 0.29) is 6.04 Å². The normalized spacial score (nSPS) is 12.9. The Balaban J connectivity index is 1.91. The fourth-order valence-corrected chi connectivity index (χ4v) is 3.22. The molecule has 0 fully saturated rings. The monoisotopic (exact) mass is 317 g/mol. The molecule has 0 spiro atoms. The number of aromatic nitrogens is 2. The number of hydrogen-bond donors (Lipinski definition) is 1. The van der Waals surface area contributed by atoms with Crippen LogP contribution in [0.15, 0.2) is 15.2 Å². The summed E-state index contributed by atoms with van der Waals surface area (Å²) in [5.41, 5.74) is 1.30. The van der Waals surface area contributed by atoms with Gasteiger partial charge in [-0.15, -0.1) is 32.9 Å². The number of rotatable bonds is 4. The minimum atomic E-state index is 0.255. The summed E-state index contributed by atoms with van der Waals surface area (Å²) in [4.78, 5) is 0. The van der Waals surface area contributed by atoms with Gasteiger partial charge in [-0.3, -0.25) is 0 Å². The zero-order chi connectivity index (χ0) is 11.5.